The lowest BCUT2D eigenvalue weighted by atomic mass is 9.84. The van der Waals surface area contributed by atoms with Gasteiger partial charge in [0, 0.05) is 12.6 Å². The lowest BCUT2D eigenvalue weighted by molar-refractivity contribution is 0.156. The van der Waals surface area contributed by atoms with Gasteiger partial charge in [0.2, 0.25) is 0 Å². The Labute approximate surface area is 220 Å². The summed E-state index contributed by atoms with van der Waals surface area (Å²) < 4.78 is 10.6. The molecule has 7 nitrogen and oxygen atoms in total. The Morgan fingerprint density at radius 3 is 2.57 bits per heavy atom. The SMILES string of the molecule is COC(=O)NC1CCCC1Cc1ccc(C2CCN(CCCOc3ccc(C#N)cc3)C(C#N)C2)cc1. The summed E-state index contributed by atoms with van der Waals surface area (Å²) in [6, 6.07) is 20.8. The number of amides is 1. The Morgan fingerprint density at radius 2 is 1.86 bits per heavy atom. The summed E-state index contributed by atoms with van der Waals surface area (Å²) in [5, 5.41) is 21.7. The van der Waals surface area contributed by atoms with Crippen molar-refractivity contribution in [3.63, 3.8) is 0 Å². The van der Waals surface area contributed by atoms with Gasteiger partial charge in [-0.3, -0.25) is 4.90 Å². The van der Waals surface area contributed by atoms with E-state index in [0.29, 0.717) is 24.0 Å². The number of methoxy groups -OCH3 is 1. The van der Waals surface area contributed by atoms with Crippen LogP contribution in [0, 0.1) is 28.6 Å². The zero-order valence-corrected chi connectivity index (χ0v) is 21.6. The molecular weight excluding hydrogens is 464 g/mol. The Morgan fingerprint density at radius 1 is 1.08 bits per heavy atom. The molecule has 1 saturated carbocycles. The van der Waals surface area contributed by atoms with Gasteiger partial charge in [0.25, 0.3) is 0 Å². The normalized spacial score (nSPS) is 23.5. The fourth-order valence-electron chi connectivity index (χ4n) is 5.71. The minimum Gasteiger partial charge on any atom is -0.494 e. The molecule has 0 radical (unpaired) electrons. The molecule has 2 aromatic carbocycles. The van der Waals surface area contributed by atoms with E-state index in [-0.39, 0.29) is 18.2 Å². The number of hydrogen-bond acceptors (Lipinski definition) is 6. The molecule has 7 heteroatoms. The van der Waals surface area contributed by atoms with Gasteiger partial charge in [-0.2, -0.15) is 10.5 Å². The number of nitrogens with zero attached hydrogens (tertiary/aromatic N) is 3. The molecule has 4 rings (SSSR count). The third-order valence-corrected chi connectivity index (χ3v) is 7.80. The average molecular weight is 501 g/mol. The third-order valence-electron chi connectivity index (χ3n) is 7.80. The predicted octanol–water partition coefficient (Wildman–Crippen LogP) is 5.17. The van der Waals surface area contributed by atoms with E-state index in [0.717, 1.165) is 63.8 Å². The highest BCUT2D eigenvalue weighted by Gasteiger charge is 2.30. The highest BCUT2D eigenvalue weighted by molar-refractivity contribution is 5.67. The molecule has 0 bridgehead atoms. The van der Waals surface area contributed by atoms with Crippen LogP contribution in [0.1, 0.15) is 61.1 Å². The van der Waals surface area contributed by atoms with Crippen molar-refractivity contribution in [2.24, 2.45) is 5.92 Å². The molecule has 4 unspecified atom stereocenters. The molecule has 1 N–H and O–H groups in total. The van der Waals surface area contributed by atoms with Crippen LogP contribution in [0.15, 0.2) is 48.5 Å². The highest BCUT2D eigenvalue weighted by atomic mass is 16.5. The molecular formula is C30H36N4O3. The zero-order chi connectivity index (χ0) is 26.0. The number of likely N-dealkylation sites (tertiary alicyclic amines) is 1. The Hall–Kier alpha value is -3.55. The van der Waals surface area contributed by atoms with E-state index in [1.54, 1.807) is 12.1 Å². The Bertz CT molecular complexity index is 1100. The van der Waals surface area contributed by atoms with Crippen molar-refractivity contribution < 1.29 is 14.3 Å². The van der Waals surface area contributed by atoms with E-state index in [9.17, 15) is 10.1 Å². The molecule has 194 valence electrons. The first-order valence-electron chi connectivity index (χ1n) is 13.3. The molecule has 4 atom stereocenters. The number of carbonyl (C=O) groups excluding carboxylic acids is 1. The van der Waals surface area contributed by atoms with Crippen LogP contribution in [0.4, 0.5) is 4.79 Å². The minimum absolute atomic E-state index is 0.0861. The van der Waals surface area contributed by atoms with Gasteiger partial charge in [-0.1, -0.05) is 30.7 Å². The van der Waals surface area contributed by atoms with Crippen molar-refractivity contribution in [1.29, 1.82) is 10.5 Å². The van der Waals surface area contributed by atoms with Crippen molar-refractivity contribution in [3.05, 3.63) is 65.2 Å². The smallest absolute Gasteiger partial charge is 0.407 e. The molecule has 2 aromatic rings. The highest BCUT2D eigenvalue weighted by Crippen LogP contribution is 2.33. The van der Waals surface area contributed by atoms with Gasteiger partial charge in [0.05, 0.1) is 37.5 Å². The molecule has 1 aliphatic heterocycles. The van der Waals surface area contributed by atoms with Crippen LogP contribution in [0.5, 0.6) is 5.75 Å². The molecule has 1 heterocycles. The minimum atomic E-state index is -0.343. The van der Waals surface area contributed by atoms with Crippen molar-refractivity contribution in [1.82, 2.24) is 10.2 Å². The molecule has 1 aliphatic carbocycles. The summed E-state index contributed by atoms with van der Waals surface area (Å²) in [5.74, 6) is 1.60. The fraction of sp³-hybridized carbons (Fsp3) is 0.500. The van der Waals surface area contributed by atoms with Gasteiger partial charge in [0.15, 0.2) is 0 Å². The Balaban J connectivity index is 1.23. The van der Waals surface area contributed by atoms with Crippen molar-refractivity contribution in [2.75, 3.05) is 26.8 Å². The summed E-state index contributed by atoms with van der Waals surface area (Å²) >= 11 is 0. The van der Waals surface area contributed by atoms with Gasteiger partial charge in [0.1, 0.15) is 5.75 Å². The maximum Gasteiger partial charge on any atom is 0.407 e. The molecule has 37 heavy (non-hydrogen) atoms. The van der Waals surface area contributed by atoms with Gasteiger partial charge in [-0.25, -0.2) is 4.79 Å². The molecule has 0 aromatic heterocycles. The van der Waals surface area contributed by atoms with Crippen molar-refractivity contribution in [3.8, 4) is 17.9 Å². The van der Waals surface area contributed by atoms with E-state index >= 15 is 0 Å². The maximum atomic E-state index is 11.6. The van der Waals surface area contributed by atoms with Gasteiger partial charge in [-0.05, 0) is 92.3 Å². The first-order chi connectivity index (χ1) is 18.1. The second-order valence-corrected chi connectivity index (χ2v) is 10.1. The summed E-state index contributed by atoms with van der Waals surface area (Å²) in [6.45, 7) is 2.33. The number of nitrogens with one attached hydrogen (secondary N) is 1. The van der Waals surface area contributed by atoms with Gasteiger partial charge < -0.3 is 14.8 Å². The maximum absolute atomic E-state index is 11.6. The van der Waals surface area contributed by atoms with Gasteiger partial charge in [-0.15, -0.1) is 0 Å². The van der Waals surface area contributed by atoms with Crippen LogP contribution in [-0.2, 0) is 11.2 Å². The first-order valence-corrected chi connectivity index (χ1v) is 13.3. The van der Waals surface area contributed by atoms with E-state index in [1.807, 2.05) is 12.1 Å². The van der Waals surface area contributed by atoms with Crippen LogP contribution in [0.3, 0.4) is 0 Å². The predicted molar refractivity (Wildman–Crippen MR) is 141 cm³/mol. The zero-order valence-electron chi connectivity index (χ0n) is 21.6. The number of ether oxygens (including phenoxy) is 2. The van der Waals surface area contributed by atoms with Crippen molar-refractivity contribution in [2.45, 2.75) is 62.9 Å². The molecule has 1 saturated heterocycles. The van der Waals surface area contributed by atoms with Gasteiger partial charge >= 0.3 is 6.09 Å². The fourth-order valence-corrected chi connectivity index (χ4v) is 5.71. The second kappa shape index (κ2) is 13.1. The largest absolute Gasteiger partial charge is 0.494 e. The number of hydrogen-bond donors (Lipinski definition) is 1. The number of benzene rings is 2. The average Bonchev–Trinajstić information content (AvgIpc) is 3.37. The first kappa shape index (κ1) is 26.5. The summed E-state index contributed by atoms with van der Waals surface area (Å²) in [4.78, 5) is 13.9. The summed E-state index contributed by atoms with van der Waals surface area (Å²) in [5.41, 5.74) is 3.23. The topological polar surface area (TPSA) is 98.4 Å². The molecule has 1 amide bonds. The van der Waals surface area contributed by atoms with Crippen molar-refractivity contribution >= 4 is 6.09 Å². The van der Waals surface area contributed by atoms with E-state index < -0.39 is 0 Å². The monoisotopic (exact) mass is 500 g/mol. The number of piperidine rings is 1. The second-order valence-electron chi connectivity index (χ2n) is 10.1. The van der Waals surface area contributed by atoms with E-state index in [4.69, 9.17) is 14.7 Å². The number of rotatable bonds is 9. The number of alkyl carbamates (subject to hydrolysis) is 1. The molecule has 2 fully saturated rings. The number of carbonyl (C=O) groups is 1. The third kappa shape index (κ3) is 7.24. The number of nitriles is 2. The quantitative estimate of drug-likeness (QED) is 0.477. The van der Waals surface area contributed by atoms with Crippen LogP contribution < -0.4 is 10.1 Å². The molecule has 0 spiro atoms. The summed E-state index contributed by atoms with van der Waals surface area (Å²) in [7, 11) is 1.41. The van der Waals surface area contributed by atoms with Crippen LogP contribution in [-0.4, -0.2) is 49.9 Å². The Kier molecular flexibility index (Phi) is 9.40. The van der Waals surface area contributed by atoms with Crippen LogP contribution in [0.25, 0.3) is 0 Å². The lowest BCUT2D eigenvalue weighted by Gasteiger charge is -2.36. The molecule has 2 aliphatic rings. The lowest BCUT2D eigenvalue weighted by Crippen LogP contribution is -2.42. The van der Waals surface area contributed by atoms with Crippen LogP contribution >= 0.6 is 0 Å². The van der Waals surface area contributed by atoms with E-state index in [2.05, 4.69) is 46.6 Å². The standard InChI is InChI=1S/C30H36N4O3/c1-36-30(35)33-29-5-2-4-26(29)18-22-6-10-24(11-7-22)25-14-16-34(27(19-25)21-32)15-3-17-37-28-12-8-23(20-31)9-13-28/h6-13,25-27,29H,2-5,14-19H2,1H3,(H,33,35). The summed E-state index contributed by atoms with van der Waals surface area (Å²) in [6.07, 6.45) is 6.62. The van der Waals surface area contributed by atoms with E-state index in [1.165, 1.54) is 18.2 Å². The van der Waals surface area contributed by atoms with Crippen LogP contribution in [0.2, 0.25) is 0 Å².